The summed E-state index contributed by atoms with van der Waals surface area (Å²) in [6.45, 7) is 6.85. The Morgan fingerprint density at radius 3 is 2.50 bits per heavy atom. The van der Waals surface area contributed by atoms with Gasteiger partial charge in [0.25, 0.3) is 0 Å². The van der Waals surface area contributed by atoms with Crippen LogP contribution in [0, 0.1) is 28.6 Å². The lowest BCUT2D eigenvalue weighted by Gasteiger charge is -2.58. The molecule has 3 unspecified atom stereocenters. The molecule has 6 atom stereocenters. The summed E-state index contributed by atoms with van der Waals surface area (Å²) in [6, 6.07) is 0. The number of ketones is 1. The van der Waals surface area contributed by atoms with Gasteiger partial charge in [-0.3, -0.25) is 4.79 Å². The Bertz CT molecular complexity index is 546. The van der Waals surface area contributed by atoms with Crippen molar-refractivity contribution < 1.29 is 9.90 Å². The molecule has 0 radical (unpaired) electrons. The molecule has 22 heavy (non-hydrogen) atoms. The smallest absolute Gasteiger partial charge is 0.155 e. The Balaban J connectivity index is 1.70. The van der Waals surface area contributed by atoms with Crippen molar-refractivity contribution in [1.29, 1.82) is 0 Å². The second kappa shape index (κ2) is 4.47. The van der Waals surface area contributed by atoms with Gasteiger partial charge in [0.15, 0.2) is 5.78 Å². The highest BCUT2D eigenvalue weighted by Gasteiger charge is 2.62. The van der Waals surface area contributed by atoms with Crippen LogP contribution < -0.4 is 0 Å². The number of carbonyl (C=O) groups excluding carboxylic acids is 1. The molecule has 0 aromatic carbocycles. The summed E-state index contributed by atoms with van der Waals surface area (Å²) < 4.78 is 0. The van der Waals surface area contributed by atoms with Gasteiger partial charge in [-0.2, -0.15) is 0 Å². The third kappa shape index (κ3) is 1.74. The van der Waals surface area contributed by atoms with E-state index in [9.17, 15) is 9.90 Å². The van der Waals surface area contributed by atoms with E-state index in [0.717, 1.165) is 43.9 Å². The van der Waals surface area contributed by atoms with Crippen LogP contribution in [0.15, 0.2) is 11.6 Å². The minimum absolute atomic E-state index is 0.107. The van der Waals surface area contributed by atoms with Gasteiger partial charge in [-0.1, -0.05) is 19.4 Å². The summed E-state index contributed by atoms with van der Waals surface area (Å²) in [5.41, 5.74) is 1.32. The van der Waals surface area contributed by atoms with Gasteiger partial charge >= 0.3 is 0 Å². The van der Waals surface area contributed by atoms with Gasteiger partial charge in [-0.05, 0) is 86.5 Å². The van der Waals surface area contributed by atoms with Crippen LogP contribution in [0.5, 0.6) is 0 Å². The highest BCUT2D eigenvalue weighted by atomic mass is 16.3. The largest absolute Gasteiger partial charge is 0.390 e. The number of hydrogen-bond acceptors (Lipinski definition) is 2. The molecule has 2 nitrogen and oxygen atoms in total. The molecule has 0 heterocycles. The highest BCUT2D eigenvalue weighted by Crippen LogP contribution is 2.67. The zero-order valence-corrected chi connectivity index (χ0v) is 14.3. The first-order chi connectivity index (χ1) is 10.3. The standard InChI is InChI=1S/C20H30O2/c1-18-9-6-14(21)12-13(18)4-5-15-16(18)7-10-19(2)17(15)8-11-20(19,3)22/h12,15-17,22H,4-11H2,1-3H3/t15?,16-,17-,18?,19?,20-/m0/s1. The van der Waals surface area contributed by atoms with Gasteiger partial charge in [-0.25, -0.2) is 0 Å². The molecule has 4 aliphatic rings. The topological polar surface area (TPSA) is 37.3 Å². The van der Waals surface area contributed by atoms with Crippen molar-refractivity contribution in [3.63, 3.8) is 0 Å². The fourth-order valence-corrected chi connectivity index (χ4v) is 6.80. The van der Waals surface area contributed by atoms with Gasteiger partial charge in [0.2, 0.25) is 0 Å². The van der Waals surface area contributed by atoms with Crippen molar-refractivity contribution in [3.05, 3.63) is 11.6 Å². The van der Waals surface area contributed by atoms with Crippen LogP contribution in [0.2, 0.25) is 0 Å². The number of rotatable bonds is 0. The van der Waals surface area contributed by atoms with Gasteiger partial charge in [0.1, 0.15) is 0 Å². The molecule has 4 aliphatic carbocycles. The lowest BCUT2D eigenvalue weighted by molar-refractivity contribution is -0.124. The van der Waals surface area contributed by atoms with Crippen LogP contribution in [0.1, 0.15) is 72.1 Å². The molecular formula is C20H30O2. The van der Waals surface area contributed by atoms with Crippen LogP contribution in [-0.2, 0) is 4.79 Å². The summed E-state index contributed by atoms with van der Waals surface area (Å²) in [5, 5.41) is 10.9. The first-order valence-corrected chi connectivity index (χ1v) is 9.24. The Kier molecular flexibility index (Phi) is 3.03. The molecule has 0 saturated heterocycles. The molecule has 0 bridgehead atoms. The third-order valence-electron chi connectivity index (χ3n) is 8.52. The van der Waals surface area contributed by atoms with E-state index in [1.165, 1.54) is 24.8 Å². The molecule has 1 N–H and O–H groups in total. The number of hydrogen-bond donors (Lipinski definition) is 1. The maximum Gasteiger partial charge on any atom is 0.155 e. The Morgan fingerprint density at radius 1 is 1.00 bits per heavy atom. The Morgan fingerprint density at radius 2 is 1.73 bits per heavy atom. The molecule has 0 aromatic heterocycles. The second-order valence-corrected chi connectivity index (χ2v) is 9.24. The van der Waals surface area contributed by atoms with Crippen LogP contribution in [0.4, 0.5) is 0 Å². The van der Waals surface area contributed by atoms with Crippen LogP contribution in [0.25, 0.3) is 0 Å². The van der Waals surface area contributed by atoms with Gasteiger partial charge in [0.05, 0.1) is 5.60 Å². The fourth-order valence-electron chi connectivity index (χ4n) is 6.80. The fraction of sp³-hybridized carbons (Fsp3) is 0.850. The van der Waals surface area contributed by atoms with Crippen LogP contribution >= 0.6 is 0 Å². The van der Waals surface area contributed by atoms with Crippen molar-refractivity contribution in [3.8, 4) is 0 Å². The maximum absolute atomic E-state index is 11.8. The maximum atomic E-state index is 11.8. The van der Waals surface area contributed by atoms with E-state index in [1.807, 2.05) is 6.08 Å². The molecule has 3 fully saturated rings. The minimum Gasteiger partial charge on any atom is -0.390 e. The van der Waals surface area contributed by atoms with Crippen molar-refractivity contribution in [1.82, 2.24) is 0 Å². The molecule has 4 rings (SSSR count). The predicted octanol–water partition coefficient (Wildman–Crippen LogP) is 4.27. The SMILES string of the molecule is CC12CCC(=O)C=C1CCC1[C@@H]2CCC2(C)[C@H]1CC[C@]2(C)O. The average Bonchev–Trinajstić information content (AvgIpc) is 2.70. The van der Waals surface area contributed by atoms with E-state index in [2.05, 4.69) is 20.8 Å². The summed E-state index contributed by atoms with van der Waals surface area (Å²) in [5.74, 6) is 2.50. The van der Waals surface area contributed by atoms with Crippen molar-refractivity contribution in [2.45, 2.75) is 77.7 Å². The lowest BCUT2D eigenvalue weighted by Crippen LogP contribution is -2.53. The van der Waals surface area contributed by atoms with Gasteiger partial charge in [0, 0.05) is 6.42 Å². The molecule has 0 aliphatic heterocycles. The molecule has 2 heteroatoms. The molecule has 0 amide bonds. The predicted molar refractivity (Wildman–Crippen MR) is 87.3 cm³/mol. The second-order valence-electron chi connectivity index (χ2n) is 9.24. The number of carbonyl (C=O) groups is 1. The van der Waals surface area contributed by atoms with Crippen molar-refractivity contribution >= 4 is 5.78 Å². The summed E-state index contributed by atoms with van der Waals surface area (Å²) in [7, 11) is 0. The molecule has 0 aromatic rings. The molecule has 3 saturated carbocycles. The van der Waals surface area contributed by atoms with E-state index in [0.29, 0.717) is 11.7 Å². The zero-order valence-electron chi connectivity index (χ0n) is 14.3. The van der Waals surface area contributed by atoms with E-state index in [1.54, 1.807) is 0 Å². The Hall–Kier alpha value is -0.630. The normalized spacial score (nSPS) is 54.3. The quantitative estimate of drug-likeness (QED) is 0.725. The lowest BCUT2D eigenvalue weighted by atomic mass is 9.46. The summed E-state index contributed by atoms with van der Waals surface area (Å²) >= 11 is 0. The number of aliphatic hydroxyl groups is 1. The van der Waals surface area contributed by atoms with Crippen LogP contribution in [0.3, 0.4) is 0 Å². The van der Waals surface area contributed by atoms with Crippen molar-refractivity contribution in [2.24, 2.45) is 28.6 Å². The third-order valence-corrected chi connectivity index (χ3v) is 8.52. The van der Waals surface area contributed by atoms with E-state index >= 15 is 0 Å². The van der Waals surface area contributed by atoms with E-state index in [4.69, 9.17) is 0 Å². The highest BCUT2D eigenvalue weighted by molar-refractivity contribution is 5.91. The van der Waals surface area contributed by atoms with E-state index < -0.39 is 5.60 Å². The first kappa shape index (κ1) is 14.9. The van der Waals surface area contributed by atoms with Gasteiger partial charge < -0.3 is 5.11 Å². The number of fused-ring (bicyclic) bond motifs is 5. The zero-order chi connectivity index (χ0) is 15.8. The molecular weight excluding hydrogens is 272 g/mol. The van der Waals surface area contributed by atoms with E-state index in [-0.39, 0.29) is 10.8 Å². The molecule has 0 spiro atoms. The molecule has 122 valence electrons. The summed E-state index contributed by atoms with van der Waals surface area (Å²) in [4.78, 5) is 11.8. The van der Waals surface area contributed by atoms with Crippen molar-refractivity contribution in [2.75, 3.05) is 0 Å². The average molecular weight is 302 g/mol. The van der Waals surface area contributed by atoms with Gasteiger partial charge in [-0.15, -0.1) is 0 Å². The first-order valence-electron chi connectivity index (χ1n) is 9.24. The summed E-state index contributed by atoms with van der Waals surface area (Å²) in [6.07, 6.45) is 10.7. The number of allylic oxidation sites excluding steroid dienone is 1. The monoisotopic (exact) mass is 302 g/mol. The Labute approximate surface area is 134 Å². The van der Waals surface area contributed by atoms with Crippen LogP contribution in [-0.4, -0.2) is 16.5 Å². The minimum atomic E-state index is -0.484.